The maximum absolute atomic E-state index is 2.38. The lowest BCUT2D eigenvalue weighted by Gasteiger charge is -2.26. The molecule has 0 atom stereocenters. The van der Waals surface area contributed by atoms with Gasteiger partial charge in [0.25, 0.3) is 0 Å². The normalized spacial score (nSPS) is 25.3. The van der Waals surface area contributed by atoms with Gasteiger partial charge < -0.3 is 4.48 Å². The molecule has 0 aromatic heterocycles. The van der Waals surface area contributed by atoms with Gasteiger partial charge in [0, 0.05) is 6.42 Å². The minimum absolute atomic E-state index is 1.16. The Bertz CT molecular complexity index is 145. The first-order chi connectivity index (χ1) is 4.60. The summed E-state index contributed by atoms with van der Waals surface area (Å²) in [5, 5.41) is 0. The van der Waals surface area contributed by atoms with E-state index in [0.29, 0.717) is 0 Å². The van der Waals surface area contributed by atoms with Gasteiger partial charge in [-0.2, -0.15) is 0 Å². The van der Waals surface area contributed by atoms with Crippen LogP contribution in [-0.2, 0) is 0 Å². The zero-order valence-corrected chi connectivity index (χ0v) is 7.35. The van der Waals surface area contributed by atoms with Crippen LogP contribution in [0.5, 0.6) is 0 Å². The Hall–Kier alpha value is -0.300. The van der Waals surface area contributed by atoms with Crippen molar-refractivity contribution in [3.63, 3.8) is 0 Å². The highest BCUT2D eigenvalue weighted by Gasteiger charge is 2.15. The fourth-order valence-corrected chi connectivity index (χ4v) is 1.38. The number of nitrogens with zero attached hydrogens (tertiary/aromatic N) is 1. The number of rotatable bonds is 0. The summed E-state index contributed by atoms with van der Waals surface area (Å²) in [6.07, 6.45) is 5.05. The highest BCUT2D eigenvalue weighted by atomic mass is 15.3. The van der Waals surface area contributed by atoms with Crippen molar-refractivity contribution in [2.75, 3.05) is 27.2 Å². The molecule has 1 rings (SSSR count). The molecule has 58 valence electrons. The van der Waals surface area contributed by atoms with Crippen molar-refractivity contribution in [2.24, 2.45) is 0 Å². The third kappa shape index (κ3) is 2.14. The molecule has 0 bridgehead atoms. The number of hydrogen-bond donors (Lipinski definition) is 0. The molecule has 0 aromatic rings. The molecule has 0 aromatic carbocycles. The molecule has 0 saturated heterocycles. The van der Waals surface area contributed by atoms with Gasteiger partial charge in [-0.15, -0.1) is 0 Å². The summed E-state index contributed by atoms with van der Waals surface area (Å²) < 4.78 is 1.16. The summed E-state index contributed by atoms with van der Waals surface area (Å²) in [5.74, 6) is 0. The summed E-state index contributed by atoms with van der Waals surface area (Å²) in [7, 11) is 4.60. The van der Waals surface area contributed by atoms with E-state index in [4.69, 9.17) is 0 Å². The average molecular weight is 140 g/mol. The molecule has 0 fully saturated rings. The smallest absolute Gasteiger partial charge is 0.0972 e. The van der Waals surface area contributed by atoms with Crippen LogP contribution < -0.4 is 0 Å². The highest BCUT2D eigenvalue weighted by molar-refractivity contribution is 4.98. The van der Waals surface area contributed by atoms with E-state index in [2.05, 4.69) is 27.1 Å². The van der Waals surface area contributed by atoms with Crippen molar-refractivity contribution >= 4 is 0 Å². The molecular weight excluding hydrogens is 122 g/mol. The Morgan fingerprint density at radius 2 is 2.10 bits per heavy atom. The van der Waals surface area contributed by atoms with Gasteiger partial charge in [0.15, 0.2) is 0 Å². The van der Waals surface area contributed by atoms with Crippen LogP contribution in [0.15, 0.2) is 11.6 Å². The maximum atomic E-state index is 2.38. The van der Waals surface area contributed by atoms with E-state index >= 15 is 0 Å². The van der Waals surface area contributed by atoms with Gasteiger partial charge in [0.1, 0.15) is 0 Å². The molecule has 10 heavy (non-hydrogen) atoms. The molecule has 0 spiro atoms. The quantitative estimate of drug-likeness (QED) is 0.355. The first kappa shape index (κ1) is 7.80. The molecule has 0 unspecified atom stereocenters. The van der Waals surface area contributed by atoms with Crippen molar-refractivity contribution < 1.29 is 4.48 Å². The summed E-state index contributed by atoms with van der Waals surface area (Å²) in [5.41, 5.74) is 1.57. The van der Waals surface area contributed by atoms with E-state index in [1.54, 1.807) is 5.57 Å². The standard InChI is InChI=1S/C9H18N/c1-9-5-4-7-10(2,3)8-6-9/h6H,4-5,7-8H2,1-3H3/q+1. The van der Waals surface area contributed by atoms with Crippen LogP contribution in [0.2, 0.25) is 0 Å². The second kappa shape index (κ2) is 2.75. The third-order valence-corrected chi connectivity index (χ3v) is 2.27. The molecule has 0 saturated carbocycles. The molecule has 1 nitrogen and oxygen atoms in total. The van der Waals surface area contributed by atoms with Gasteiger partial charge in [0.2, 0.25) is 0 Å². The average Bonchev–Trinajstić information content (AvgIpc) is 1.94. The van der Waals surface area contributed by atoms with Crippen LogP contribution in [-0.4, -0.2) is 31.7 Å². The summed E-state index contributed by atoms with van der Waals surface area (Å²) in [6.45, 7) is 4.78. The first-order valence-electron chi connectivity index (χ1n) is 4.08. The fourth-order valence-electron chi connectivity index (χ4n) is 1.38. The summed E-state index contributed by atoms with van der Waals surface area (Å²) in [4.78, 5) is 0. The van der Waals surface area contributed by atoms with Gasteiger partial charge in [-0.3, -0.25) is 0 Å². The minimum atomic E-state index is 1.16. The van der Waals surface area contributed by atoms with E-state index in [9.17, 15) is 0 Å². The van der Waals surface area contributed by atoms with Crippen molar-refractivity contribution in [3.05, 3.63) is 11.6 Å². The highest BCUT2D eigenvalue weighted by Crippen LogP contribution is 2.13. The SMILES string of the molecule is CC1=CC[N+](C)(C)CCC1. The van der Waals surface area contributed by atoms with Gasteiger partial charge in [-0.25, -0.2) is 0 Å². The molecule has 0 radical (unpaired) electrons. The number of hydrogen-bond acceptors (Lipinski definition) is 0. The fraction of sp³-hybridized carbons (Fsp3) is 0.778. The van der Waals surface area contributed by atoms with Gasteiger partial charge in [-0.1, -0.05) is 5.57 Å². The summed E-state index contributed by atoms with van der Waals surface area (Å²) >= 11 is 0. The van der Waals surface area contributed by atoms with Crippen LogP contribution in [0.25, 0.3) is 0 Å². The van der Waals surface area contributed by atoms with E-state index in [1.165, 1.54) is 25.9 Å². The molecule has 1 heteroatoms. The second-order valence-corrected chi connectivity index (χ2v) is 4.00. The zero-order chi connectivity index (χ0) is 7.61. The number of quaternary nitrogens is 1. The largest absolute Gasteiger partial charge is 0.325 e. The number of likely N-dealkylation sites (N-methyl/N-ethyl adjacent to an activating group) is 1. The number of allylic oxidation sites excluding steroid dienone is 1. The van der Waals surface area contributed by atoms with Gasteiger partial charge in [0.05, 0.1) is 27.2 Å². The Balaban J connectivity index is 2.57. The van der Waals surface area contributed by atoms with Crippen molar-refractivity contribution in [1.82, 2.24) is 0 Å². The van der Waals surface area contributed by atoms with E-state index < -0.39 is 0 Å². The second-order valence-electron chi connectivity index (χ2n) is 4.00. The molecular formula is C9H18N+. The third-order valence-electron chi connectivity index (χ3n) is 2.27. The van der Waals surface area contributed by atoms with Crippen LogP contribution in [0.4, 0.5) is 0 Å². The Labute approximate surface area is 63.9 Å². The van der Waals surface area contributed by atoms with Gasteiger partial charge in [-0.05, 0) is 19.4 Å². The molecule has 0 N–H and O–H groups in total. The molecule has 0 amide bonds. The van der Waals surface area contributed by atoms with Crippen LogP contribution >= 0.6 is 0 Å². The predicted octanol–water partition coefficient (Wildman–Crippen LogP) is 1.80. The van der Waals surface area contributed by atoms with Crippen molar-refractivity contribution in [2.45, 2.75) is 19.8 Å². The van der Waals surface area contributed by atoms with E-state index in [0.717, 1.165) is 4.48 Å². The van der Waals surface area contributed by atoms with Crippen molar-refractivity contribution in [3.8, 4) is 0 Å². The minimum Gasteiger partial charge on any atom is -0.325 e. The lowest BCUT2D eigenvalue weighted by atomic mass is 10.2. The Morgan fingerprint density at radius 1 is 1.40 bits per heavy atom. The maximum Gasteiger partial charge on any atom is 0.0972 e. The van der Waals surface area contributed by atoms with Gasteiger partial charge >= 0.3 is 0 Å². The topological polar surface area (TPSA) is 0 Å². The Kier molecular flexibility index (Phi) is 2.14. The lowest BCUT2D eigenvalue weighted by molar-refractivity contribution is -0.884. The van der Waals surface area contributed by atoms with Crippen LogP contribution in [0, 0.1) is 0 Å². The molecule has 1 aliphatic rings. The predicted molar refractivity (Wildman–Crippen MR) is 44.8 cm³/mol. The molecule has 0 aliphatic carbocycles. The van der Waals surface area contributed by atoms with E-state index in [-0.39, 0.29) is 0 Å². The lowest BCUT2D eigenvalue weighted by Crippen LogP contribution is -2.39. The van der Waals surface area contributed by atoms with Crippen molar-refractivity contribution in [1.29, 1.82) is 0 Å². The first-order valence-corrected chi connectivity index (χ1v) is 4.08. The van der Waals surface area contributed by atoms with Crippen LogP contribution in [0.3, 0.4) is 0 Å². The zero-order valence-electron chi connectivity index (χ0n) is 7.35. The molecule has 1 aliphatic heterocycles. The summed E-state index contributed by atoms with van der Waals surface area (Å²) in [6, 6.07) is 0. The Morgan fingerprint density at radius 3 is 2.80 bits per heavy atom. The van der Waals surface area contributed by atoms with E-state index in [1.807, 2.05) is 0 Å². The monoisotopic (exact) mass is 140 g/mol. The van der Waals surface area contributed by atoms with Crippen LogP contribution in [0.1, 0.15) is 19.8 Å². The molecule has 1 heterocycles.